The molecule has 4 nitrogen and oxygen atoms in total. The van der Waals surface area contributed by atoms with E-state index in [4.69, 9.17) is 14.7 Å². The van der Waals surface area contributed by atoms with Crippen molar-refractivity contribution in [1.82, 2.24) is 4.90 Å². The molecule has 0 radical (unpaired) electrons. The molecule has 0 spiro atoms. The Balaban J connectivity index is 2.28. The Hall–Kier alpha value is -1.07. The molecule has 0 aromatic heterocycles. The van der Waals surface area contributed by atoms with Crippen LogP contribution in [0.15, 0.2) is 0 Å². The molecule has 0 aliphatic carbocycles. The lowest BCUT2D eigenvalue weighted by molar-refractivity contribution is 0.0301. The van der Waals surface area contributed by atoms with E-state index in [1.165, 1.54) is 0 Å². The molecule has 0 unspecified atom stereocenters. The van der Waals surface area contributed by atoms with Crippen molar-refractivity contribution in [3.63, 3.8) is 0 Å². The van der Waals surface area contributed by atoms with Gasteiger partial charge in [0.1, 0.15) is 5.60 Å². The summed E-state index contributed by atoms with van der Waals surface area (Å²) in [5, 5.41) is 8.42. The summed E-state index contributed by atoms with van der Waals surface area (Å²) in [4.78, 5) is 2.27. The van der Waals surface area contributed by atoms with Crippen molar-refractivity contribution in [1.29, 1.82) is 5.26 Å². The molecule has 1 aliphatic heterocycles. The van der Waals surface area contributed by atoms with Gasteiger partial charge in [0.2, 0.25) is 0 Å². The number of nitriles is 1. The first-order valence-corrected chi connectivity index (χ1v) is 5.95. The van der Waals surface area contributed by atoms with Crippen LogP contribution in [0.25, 0.3) is 0 Å². The maximum Gasteiger partial charge on any atom is 0.123 e. The summed E-state index contributed by atoms with van der Waals surface area (Å²) in [5.41, 5.74) is -0.469. The minimum absolute atomic E-state index is 0.411. The van der Waals surface area contributed by atoms with Crippen molar-refractivity contribution in [2.75, 3.05) is 39.5 Å². The van der Waals surface area contributed by atoms with Crippen molar-refractivity contribution >= 4 is 0 Å². The zero-order valence-corrected chi connectivity index (χ0v) is 10.7. The van der Waals surface area contributed by atoms with Crippen LogP contribution in [0.1, 0.15) is 20.3 Å². The first-order valence-electron chi connectivity index (χ1n) is 5.95. The van der Waals surface area contributed by atoms with Crippen LogP contribution >= 0.6 is 0 Å². The lowest BCUT2D eigenvalue weighted by Gasteiger charge is -2.24. The number of nitrogens with zero attached hydrogens (tertiary/aromatic N) is 2. The molecular weight excluding hydrogens is 216 g/mol. The smallest absolute Gasteiger partial charge is 0.123 e. The topological polar surface area (TPSA) is 45.5 Å². The molecule has 0 saturated carbocycles. The van der Waals surface area contributed by atoms with E-state index >= 15 is 0 Å². The Morgan fingerprint density at radius 2 is 2.06 bits per heavy atom. The molecule has 0 aromatic rings. The highest BCUT2D eigenvalue weighted by Crippen LogP contribution is 2.07. The largest absolute Gasteiger partial charge is 0.379 e. The van der Waals surface area contributed by atoms with Crippen LogP contribution < -0.4 is 0 Å². The van der Waals surface area contributed by atoms with Gasteiger partial charge in [0.05, 0.1) is 38.9 Å². The fraction of sp³-hybridized carbons (Fsp3) is 0.769. The first-order chi connectivity index (χ1) is 8.14. The minimum Gasteiger partial charge on any atom is -0.379 e. The number of ether oxygens (including phenoxy) is 2. The zero-order chi connectivity index (χ0) is 12.6. The van der Waals surface area contributed by atoms with Crippen molar-refractivity contribution in [2.24, 2.45) is 0 Å². The molecule has 0 atom stereocenters. The van der Waals surface area contributed by atoms with Gasteiger partial charge in [-0.15, -0.1) is 0 Å². The molecule has 0 N–H and O–H groups in total. The van der Waals surface area contributed by atoms with Gasteiger partial charge >= 0.3 is 0 Å². The van der Waals surface area contributed by atoms with Crippen molar-refractivity contribution in [2.45, 2.75) is 25.9 Å². The highest BCUT2D eigenvalue weighted by atomic mass is 16.5. The lowest BCUT2D eigenvalue weighted by Crippen LogP contribution is -2.36. The molecule has 0 aromatic carbocycles. The summed E-state index contributed by atoms with van der Waals surface area (Å²) in [6.07, 6.45) is 0.411. The van der Waals surface area contributed by atoms with Crippen LogP contribution in [0.5, 0.6) is 0 Å². The highest BCUT2D eigenvalue weighted by molar-refractivity contribution is 5.12. The molecule has 1 saturated heterocycles. The predicted molar refractivity (Wildman–Crippen MR) is 65.3 cm³/mol. The van der Waals surface area contributed by atoms with E-state index in [-0.39, 0.29) is 0 Å². The van der Waals surface area contributed by atoms with E-state index in [2.05, 4.69) is 22.8 Å². The molecule has 0 amide bonds. The molecule has 4 heteroatoms. The number of rotatable bonds is 4. The van der Waals surface area contributed by atoms with Gasteiger partial charge in [-0.3, -0.25) is 4.90 Å². The second-order valence-electron chi connectivity index (χ2n) is 4.46. The second-order valence-corrected chi connectivity index (χ2v) is 4.46. The second kappa shape index (κ2) is 7.29. The van der Waals surface area contributed by atoms with Crippen LogP contribution in [-0.2, 0) is 9.47 Å². The maximum absolute atomic E-state index is 8.42. The number of hydrogen-bond acceptors (Lipinski definition) is 4. The number of hydrogen-bond donors (Lipinski definition) is 0. The molecular formula is C13H20N2O2. The third kappa shape index (κ3) is 6.28. The van der Waals surface area contributed by atoms with Gasteiger partial charge in [0, 0.05) is 13.1 Å². The van der Waals surface area contributed by atoms with Crippen LogP contribution in [0, 0.1) is 23.2 Å². The normalized spacial score (nSPS) is 17.0. The molecule has 1 aliphatic rings. The third-order valence-corrected chi connectivity index (χ3v) is 2.47. The fourth-order valence-electron chi connectivity index (χ4n) is 1.51. The summed E-state index contributed by atoms with van der Waals surface area (Å²) in [6.45, 7) is 8.54. The average molecular weight is 236 g/mol. The van der Waals surface area contributed by atoms with E-state index in [1.807, 2.05) is 13.8 Å². The van der Waals surface area contributed by atoms with Crippen LogP contribution in [0.3, 0.4) is 0 Å². The summed E-state index contributed by atoms with van der Waals surface area (Å²) in [7, 11) is 0. The van der Waals surface area contributed by atoms with Crippen LogP contribution in [0.4, 0.5) is 0 Å². The lowest BCUT2D eigenvalue weighted by atomic mass is 10.1. The summed E-state index contributed by atoms with van der Waals surface area (Å²) < 4.78 is 10.8. The zero-order valence-electron chi connectivity index (χ0n) is 10.7. The van der Waals surface area contributed by atoms with E-state index in [1.54, 1.807) is 0 Å². The van der Waals surface area contributed by atoms with Crippen molar-refractivity contribution < 1.29 is 9.47 Å². The van der Waals surface area contributed by atoms with Gasteiger partial charge in [-0.05, 0) is 13.8 Å². The standard InChI is InChI=1S/C13H20N2O2/c1-13(2,17-10-4-6-14)5-3-7-15-8-11-16-12-9-15/h4,7-12H2,1-2H3. The van der Waals surface area contributed by atoms with Gasteiger partial charge < -0.3 is 9.47 Å². The Morgan fingerprint density at radius 1 is 1.35 bits per heavy atom. The average Bonchev–Trinajstić information content (AvgIpc) is 2.30. The summed E-state index contributed by atoms with van der Waals surface area (Å²) >= 11 is 0. The van der Waals surface area contributed by atoms with E-state index in [0.29, 0.717) is 13.0 Å². The van der Waals surface area contributed by atoms with Crippen LogP contribution in [-0.4, -0.2) is 50.0 Å². The van der Waals surface area contributed by atoms with Crippen molar-refractivity contribution in [3.05, 3.63) is 0 Å². The van der Waals surface area contributed by atoms with Crippen LogP contribution in [0.2, 0.25) is 0 Å². The summed E-state index contributed by atoms with van der Waals surface area (Å²) in [5.74, 6) is 6.24. The Morgan fingerprint density at radius 3 is 2.71 bits per heavy atom. The quantitative estimate of drug-likeness (QED) is 0.540. The molecule has 1 heterocycles. The number of morpholine rings is 1. The molecule has 94 valence electrons. The Labute approximate surface area is 103 Å². The van der Waals surface area contributed by atoms with Gasteiger partial charge in [-0.1, -0.05) is 11.8 Å². The van der Waals surface area contributed by atoms with E-state index in [9.17, 15) is 0 Å². The molecule has 0 bridgehead atoms. The maximum atomic E-state index is 8.42. The first kappa shape index (κ1) is 14.0. The Kier molecular flexibility index (Phi) is 6.00. The summed E-state index contributed by atoms with van der Waals surface area (Å²) in [6, 6.07) is 2.05. The van der Waals surface area contributed by atoms with Crippen molar-refractivity contribution in [3.8, 4) is 17.9 Å². The minimum atomic E-state index is -0.469. The van der Waals surface area contributed by atoms with Gasteiger partial charge in [0.25, 0.3) is 0 Å². The predicted octanol–water partition coefficient (Wildman–Crippen LogP) is 1.03. The van der Waals surface area contributed by atoms with Gasteiger partial charge in [-0.2, -0.15) is 5.26 Å². The molecule has 1 fully saturated rings. The highest BCUT2D eigenvalue weighted by Gasteiger charge is 2.14. The monoisotopic (exact) mass is 236 g/mol. The van der Waals surface area contributed by atoms with Gasteiger partial charge in [0.15, 0.2) is 0 Å². The SMILES string of the molecule is CC(C)(C#CCN1CCOCC1)OCCC#N. The van der Waals surface area contributed by atoms with E-state index in [0.717, 1.165) is 32.8 Å². The van der Waals surface area contributed by atoms with E-state index < -0.39 is 5.60 Å². The third-order valence-electron chi connectivity index (χ3n) is 2.47. The Bertz CT molecular complexity index is 317. The molecule has 17 heavy (non-hydrogen) atoms. The van der Waals surface area contributed by atoms with Gasteiger partial charge in [-0.25, -0.2) is 0 Å². The fourth-order valence-corrected chi connectivity index (χ4v) is 1.51. The molecule has 1 rings (SSSR count).